The van der Waals surface area contributed by atoms with Gasteiger partial charge in [0.05, 0.1) is 7.11 Å². The van der Waals surface area contributed by atoms with Gasteiger partial charge in [0.25, 0.3) is 0 Å². The van der Waals surface area contributed by atoms with Crippen LogP contribution in [0.2, 0.25) is 0 Å². The number of ether oxygens (including phenoxy) is 1. The SMILES string of the molecule is COC(=O)C(NC(C)=O)c1ccccc1C. The lowest BCUT2D eigenvalue weighted by Crippen LogP contribution is -2.33. The molecular formula is C12H15NO3. The summed E-state index contributed by atoms with van der Waals surface area (Å²) in [6.45, 7) is 3.25. The zero-order valence-corrected chi connectivity index (χ0v) is 9.61. The van der Waals surface area contributed by atoms with E-state index in [1.165, 1.54) is 14.0 Å². The van der Waals surface area contributed by atoms with E-state index in [1.54, 1.807) is 6.07 Å². The summed E-state index contributed by atoms with van der Waals surface area (Å²) in [7, 11) is 1.30. The Kier molecular flexibility index (Phi) is 4.05. The average molecular weight is 221 g/mol. The first-order valence-corrected chi connectivity index (χ1v) is 4.96. The predicted molar refractivity (Wildman–Crippen MR) is 59.8 cm³/mol. The van der Waals surface area contributed by atoms with Crippen molar-refractivity contribution in [3.05, 3.63) is 35.4 Å². The molecule has 0 saturated carbocycles. The number of aryl methyl sites for hydroxylation is 1. The van der Waals surface area contributed by atoms with E-state index >= 15 is 0 Å². The molecule has 0 heterocycles. The normalized spacial score (nSPS) is 11.7. The van der Waals surface area contributed by atoms with E-state index in [4.69, 9.17) is 0 Å². The molecule has 1 N–H and O–H groups in total. The van der Waals surface area contributed by atoms with Crippen molar-refractivity contribution in [2.75, 3.05) is 7.11 Å². The van der Waals surface area contributed by atoms with Crippen LogP contribution in [0.4, 0.5) is 0 Å². The first-order chi connectivity index (χ1) is 7.56. The van der Waals surface area contributed by atoms with Crippen LogP contribution in [-0.4, -0.2) is 19.0 Å². The number of nitrogens with one attached hydrogen (secondary N) is 1. The summed E-state index contributed by atoms with van der Waals surface area (Å²) in [5, 5.41) is 2.57. The van der Waals surface area contributed by atoms with Gasteiger partial charge in [0.1, 0.15) is 0 Å². The Morgan fingerprint density at radius 3 is 2.44 bits per heavy atom. The molecule has 86 valence electrons. The molecule has 16 heavy (non-hydrogen) atoms. The van der Waals surface area contributed by atoms with Gasteiger partial charge in [0.2, 0.25) is 5.91 Å². The Labute approximate surface area is 94.6 Å². The molecule has 4 heteroatoms. The summed E-state index contributed by atoms with van der Waals surface area (Å²) in [5.74, 6) is -0.733. The Morgan fingerprint density at radius 1 is 1.31 bits per heavy atom. The van der Waals surface area contributed by atoms with Gasteiger partial charge in [-0.3, -0.25) is 4.79 Å². The van der Waals surface area contributed by atoms with Gasteiger partial charge in [-0.15, -0.1) is 0 Å². The number of hydrogen-bond acceptors (Lipinski definition) is 3. The van der Waals surface area contributed by atoms with Gasteiger partial charge >= 0.3 is 5.97 Å². The van der Waals surface area contributed by atoms with Gasteiger partial charge in [-0.2, -0.15) is 0 Å². The van der Waals surface area contributed by atoms with Crippen molar-refractivity contribution in [3.8, 4) is 0 Å². The highest BCUT2D eigenvalue weighted by Gasteiger charge is 2.23. The number of carbonyl (C=O) groups excluding carboxylic acids is 2. The Hall–Kier alpha value is -1.84. The molecule has 1 atom stereocenters. The summed E-state index contributed by atoms with van der Waals surface area (Å²) >= 11 is 0. The molecule has 4 nitrogen and oxygen atoms in total. The lowest BCUT2D eigenvalue weighted by molar-refractivity contribution is -0.145. The topological polar surface area (TPSA) is 55.4 Å². The number of rotatable bonds is 3. The van der Waals surface area contributed by atoms with Crippen molar-refractivity contribution in [3.63, 3.8) is 0 Å². The van der Waals surface area contributed by atoms with Crippen LogP contribution in [-0.2, 0) is 14.3 Å². The second kappa shape index (κ2) is 5.30. The highest BCUT2D eigenvalue weighted by Crippen LogP contribution is 2.18. The van der Waals surface area contributed by atoms with Crippen LogP contribution in [0.15, 0.2) is 24.3 Å². The summed E-state index contributed by atoms with van der Waals surface area (Å²) in [4.78, 5) is 22.6. The van der Waals surface area contributed by atoms with Gasteiger partial charge in [0.15, 0.2) is 6.04 Å². The molecule has 0 aliphatic rings. The van der Waals surface area contributed by atoms with Crippen molar-refractivity contribution in [2.24, 2.45) is 0 Å². The molecule has 0 aromatic heterocycles. The molecule has 0 fully saturated rings. The molecular weight excluding hydrogens is 206 g/mol. The van der Waals surface area contributed by atoms with Crippen LogP contribution in [0.3, 0.4) is 0 Å². The van der Waals surface area contributed by atoms with Crippen LogP contribution < -0.4 is 5.32 Å². The predicted octanol–water partition coefficient (Wildman–Crippen LogP) is 1.35. The number of benzene rings is 1. The van der Waals surface area contributed by atoms with Gasteiger partial charge in [0, 0.05) is 6.92 Å². The van der Waals surface area contributed by atoms with Crippen molar-refractivity contribution in [1.82, 2.24) is 5.32 Å². The maximum absolute atomic E-state index is 11.6. The zero-order chi connectivity index (χ0) is 12.1. The second-order valence-corrected chi connectivity index (χ2v) is 3.51. The maximum atomic E-state index is 11.6. The molecule has 1 unspecified atom stereocenters. The van der Waals surface area contributed by atoms with E-state index in [9.17, 15) is 9.59 Å². The third-order valence-electron chi connectivity index (χ3n) is 2.28. The van der Waals surface area contributed by atoms with Crippen molar-refractivity contribution >= 4 is 11.9 Å². The number of amides is 1. The first-order valence-electron chi connectivity index (χ1n) is 4.96. The lowest BCUT2D eigenvalue weighted by atomic mass is 10.0. The summed E-state index contributed by atoms with van der Waals surface area (Å²) in [5.41, 5.74) is 1.69. The first kappa shape index (κ1) is 12.2. The van der Waals surface area contributed by atoms with E-state index in [2.05, 4.69) is 10.1 Å². The van der Waals surface area contributed by atoms with E-state index in [0.29, 0.717) is 0 Å². The van der Waals surface area contributed by atoms with Gasteiger partial charge in [-0.05, 0) is 18.1 Å². The Balaban J connectivity index is 3.06. The minimum absolute atomic E-state index is 0.265. The minimum Gasteiger partial charge on any atom is -0.467 e. The standard InChI is InChI=1S/C12H15NO3/c1-8-6-4-5-7-10(8)11(12(15)16-3)13-9(2)14/h4-7,11H,1-3H3,(H,13,14). The van der Waals surface area contributed by atoms with E-state index in [0.717, 1.165) is 11.1 Å². The summed E-state index contributed by atoms with van der Waals surface area (Å²) < 4.78 is 4.67. The van der Waals surface area contributed by atoms with Gasteiger partial charge in [-0.1, -0.05) is 24.3 Å². The molecule has 1 aromatic rings. The Bertz CT molecular complexity index is 401. The molecule has 1 rings (SSSR count). The van der Waals surface area contributed by atoms with E-state index in [-0.39, 0.29) is 5.91 Å². The van der Waals surface area contributed by atoms with Gasteiger partial charge < -0.3 is 10.1 Å². The van der Waals surface area contributed by atoms with Crippen LogP contribution in [0.5, 0.6) is 0 Å². The fourth-order valence-electron chi connectivity index (χ4n) is 1.50. The largest absolute Gasteiger partial charge is 0.467 e. The molecule has 1 amide bonds. The number of hydrogen-bond donors (Lipinski definition) is 1. The van der Waals surface area contributed by atoms with Crippen LogP contribution in [0.25, 0.3) is 0 Å². The van der Waals surface area contributed by atoms with E-state index < -0.39 is 12.0 Å². The fourth-order valence-corrected chi connectivity index (χ4v) is 1.50. The number of methoxy groups -OCH3 is 1. The average Bonchev–Trinajstić information content (AvgIpc) is 2.26. The number of esters is 1. The quantitative estimate of drug-likeness (QED) is 0.784. The highest BCUT2D eigenvalue weighted by atomic mass is 16.5. The number of carbonyl (C=O) groups is 2. The third-order valence-corrected chi connectivity index (χ3v) is 2.28. The summed E-state index contributed by atoms with van der Waals surface area (Å²) in [6.07, 6.45) is 0. The summed E-state index contributed by atoms with van der Waals surface area (Å²) in [6, 6.07) is 6.64. The molecule has 0 saturated heterocycles. The van der Waals surface area contributed by atoms with Gasteiger partial charge in [-0.25, -0.2) is 4.79 Å². The van der Waals surface area contributed by atoms with Crippen molar-refractivity contribution in [2.45, 2.75) is 19.9 Å². The molecule has 0 aliphatic heterocycles. The third kappa shape index (κ3) is 2.82. The molecule has 0 bridgehead atoms. The molecule has 0 spiro atoms. The monoisotopic (exact) mass is 221 g/mol. The van der Waals surface area contributed by atoms with Crippen LogP contribution in [0.1, 0.15) is 24.1 Å². The Morgan fingerprint density at radius 2 is 1.94 bits per heavy atom. The smallest absolute Gasteiger partial charge is 0.333 e. The van der Waals surface area contributed by atoms with Crippen molar-refractivity contribution < 1.29 is 14.3 Å². The van der Waals surface area contributed by atoms with E-state index in [1.807, 2.05) is 25.1 Å². The maximum Gasteiger partial charge on any atom is 0.333 e. The van der Waals surface area contributed by atoms with Crippen molar-refractivity contribution in [1.29, 1.82) is 0 Å². The van der Waals surface area contributed by atoms with Crippen LogP contribution >= 0.6 is 0 Å². The molecule has 0 aliphatic carbocycles. The molecule has 0 radical (unpaired) electrons. The second-order valence-electron chi connectivity index (χ2n) is 3.51. The lowest BCUT2D eigenvalue weighted by Gasteiger charge is -2.17. The zero-order valence-electron chi connectivity index (χ0n) is 9.61. The van der Waals surface area contributed by atoms with Crippen LogP contribution in [0, 0.1) is 6.92 Å². The fraction of sp³-hybridized carbons (Fsp3) is 0.333. The minimum atomic E-state index is -0.733. The highest BCUT2D eigenvalue weighted by molar-refractivity contribution is 5.84. The molecule has 1 aromatic carbocycles.